The number of rotatable bonds is 3. The van der Waals surface area contributed by atoms with Crippen LogP contribution in [0.1, 0.15) is 11.1 Å². The summed E-state index contributed by atoms with van der Waals surface area (Å²) >= 11 is 5.88. The van der Waals surface area contributed by atoms with Crippen molar-refractivity contribution in [3.8, 4) is 11.5 Å². The van der Waals surface area contributed by atoms with Gasteiger partial charge < -0.3 is 4.74 Å². The van der Waals surface area contributed by atoms with Crippen molar-refractivity contribution in [2.75, 3.05) is 0 Å². The lowest BCUT2D eigenvalue weighted by atomic mass is 10.1. The van der Waals surface area contributed by atoms with Crippen LogP contribution in [-0.4, -0.2) is 0 Å². The molecule has 0 saturated heterocycles. The predicted octanol–water partition coefficient (Wildman–Crippen LogP) is 5.68. The van der Waals surface area contributed by atoms with E-state index >= 15 is 0 Å². The average Bonchev–Trinajstić information content (AvgIpc) is 2.48. The van der Waals surface area contributed by atoms with E-state index in [1.165, 1.54) is 5.39 Å². The Bertz CT molecular complexity index is 744. The second-order valence-corrected chi connectivity index (χ2v) is 5.07. The minimum absolute atomic E-state index is 0.528. The van der Waals surface area contributed by atoms with E-state index in [0.29, 0.717) is 5.88 Å². The molecule has 0 saturated carbocycles. The molecule has 0 bridgehead atoms. The van der Waals surface area contributed by atoms with Crippen LogP contribution in [0.5, 0.6) is 11.5 Å². The molecule has 0 aliphatic rings. The predicted molar refractivity (Wildman–Crippen MR) is 84.8 cm³/mol. The maximum Gasteiger partial charge on any atom is 0.135 e. The van der Waals surface area contributed by atoms with E-state index in [1.54, 1.807) is 0 Å². The first kappa shape index (κ1) is 13.0. The molecule has 0 N–H and O–H groups in total. The standard InChI is InChI=1S/C18H15ClO/c1-13-11-16(10-9-15(13)12-19)20-18-8-4-6-14-5-2-3-7-17(14)18/h2-11H,12H2,1H3. The molecule has 2 heteroatoms. The molecule has 0 aromatic heterocycles. The lowest BCUT2D eigenvalue weighted by Crippen LogP contribution is -1.89. The number of fused-ring (bicyclic) bond motifs is 1. The molecule has 3 aromatic carbocycles. The van der Waals surface area contributed by atoms with Crippen LogP contribution in [0.2, 0.25) is 0 Å². The van der Waals surface area contributed by atoms with Gasteiger partial charge in [-0.25, -0.2) is 0 Å². The third kappa shape index (κ3) is 2.50. The van der Waals surface area contributed by atoms with Crippen molar-refractivity contribution in [2.45, 2.75) is 12.8 Å². The van der Waals surface area contributed by atoms with Gasteiger partial charge >= 0.3 is 0 Å². The van der Waals surface area contributed by atoms with Crippen molar-refractivity contribution in [3.63, 3.8) is 0 Å². The fourth-order valence-electron chi connectivity index (χ4n) is 2.29. The van der Waals surface area contributed by atoms with Gasteiger partial charge in [-0.2, -0.15) is 0 Å². The molecular formula is C18H15ClO. The highest BCUT2D eigenvalue weighted by molar-refractivity contribution is 6.17. The second-order valence-electron chi connectivity index (χ2n) is 4.80. The molecule has 0 spiro atoms. The van der Waals surface area contributed by atoms with Crippen LogP contribution in [0, 0.1) is 6.92 Å². The second kappa shape index (κ2) is 5.56. The van der Waals surface area contributed by atoms with Gasteiger partial charge in [0.25, 0.3) is 0 Å². The molecule has 0 radical (unpaired) electrons. The van der Waals surface area contributed by atoms with E-state index in [1.807, 2.05) is 49.4 Å². The minimum Gasteiger partial charge on any atom is -0.457 e. The first-order valence-corrected chi connectivity index (χ1v) is 7.12. The molecular weight excluding hydrogens is 268 g/mol. The molecule has 0 aliphatic heterocycles. The Balaban J connectivity index is 1.99. The quantitative estimate of drug-likeness (QED) is 0.562. The zero-order valence-corrected chi connectivity index (χ0v) is 12.0. The summed E-state index contributed by atoms with van der Waals surface area (Å²) in [6.45, 7) is 2.05. The van der Waals surface area contributed by atoms with Crippen LogP contribution in [0.3, 0.4) is 0 Å². The lowest BCUT2D eigenvalue weighted by Gasteiger charge is -2.10. The van der Waals surface area contributed by atoms with E-state index in [2.05, 4.69) is 18.2 Å². The van der Waals surface area contributed by atoms with Crippen molar-refractivity contribution < 1.29 is 4.74 Å². The maximum absolute atomic E-state index is 6.03. The zero-order chi connectivity index (χ0) is 13.9. The van der Waals surface area contributed by atoms with Crippen LogP contribution in [0.25, 0.3) is 10.8 Å². The van der Waals surface area contributed by atoms with Gasteiger partial charge in [-0.05, 0) is 41.6 Å². The van der Waals surface area contributed by atoms with Gasteiger partial charge in [0.05, 0.1) is 0 Å². The molecule has 1 nitrogen and oxygen atoms in total. The lowest BCUT2D eigenvalue weighted by molar-refractivity contribution is 0.488. The third-order valence-electron chi connectivity index (χ3n) is 3.44. The molecule has 0 heterocycles. The summed E-state index contributed by atoms with van der Waals surface area (Å²) in [5.41, 5.74) is 2.29. The van der Waals surface area contributed by atoms with E-state index in [-0.39, 0.29) is 0 Å². The van der Waals surface area contributed by atoms with Crippen molar-refractivity contribution in [2.24, 2.45) is 0 Å². The highest BCUT2D eigenvalue weighted by Crippen LogP contribution is 2.30. The van der Waals surface area contributed by atoms with E-state index in [0.717, 1.165) is 28.0 Å². The number of hydrogen-bond donors (Lipinski definition) is 0. The SMILES string of the molecule is Cc1cc(Oc2cccc3ccccc23)ccc1CCl. The van der Waals surface area contributed by atoms with Crippen LogP contribution in [0.4, 0.5) is 0 Å². The Labute approximate surface area is 123 Å². The summed E-state index contributed by atoms with van der Waals surface area (Å²) in [5, 5.41) is 2.30. The maximum atomic E-state index is 6.03. The van der Waals surface area contributed by atoms with Gasteiger partial charge in [0, 0.05) is 11.3 Å². The minimum atomic E-state index is 0.528. The monoisotopic (exact) mass is 282 g/mol. The third-order valence-corrected chi connectivity index (χ3v) is 3.72. The first-order chi connectivity index (χ1) is 9.78. The summed E-state index contributed by atoms with van der Waals surface area (Å²) in [6.07, 6.45) is 0. The summed E-state index contributed by atoms with van der Waals surface area (Å²) in [6, 6.07) is 20.3. The average molecular weight is 283 g/mol. The Morgan fingerprint density at radius 1 is 0.950 bits per heavy atom. The molecule has 3 rings (SSSR count). The van der Waals surface area contributed by atoms with Crippen molar-refractivity contribution in [1.82, 2.24) is 0 Å². The van der Waals surface area contributed by atoms with Crippen LogP contribution >= 0.6 is 11.6 Å². The summed E-state index contributed by atoms with van der Waals surface area (Å²) < 4.78 is 6.03. The van der Waals surface area contributed by atoms with E-state index < -0.39 is 0 Å². The smallest absolute Gasteiger partial charge is 0.135 e. The number of ether oxygens (including phenoxy) is 1. The van der Waals surface area contributed by atoms with Crippen LogP contribution in [0.15, 0.2) is 60.7 Å². The number of aryl methyl sites for hydroxylation is 1. The van der Waals surface area contributed by atoms with Crippen molar-refractivity contribution >= 4 is 22.4 Å². The number of halogens is 1. The van der Waals surface area contributed by atoms with Crippen molar-refractivity contribution in [1.29, 1.82) is 0 Å². The van der Waals surface area contributed by atoms with Crippen molar-refractivity contribution in [3.05, 3.63) is 71.8 Å². The first-order valence-electron chi connectivity index (χ1n) is 6.59. The van der Waals surface area contributed by atoms with Gasteiger partial charge in [0.2, 0.25) is 0 Å². The molecule has 0 fully saturated rings. The van der Waals surface area contributed by atoms with Gasteiger partial charge in [0.15, 0.2) is 0 Å². The Morgan fingerprint density at radius 3 is 2.55 bits per heavy atom. The summed E-state index contributed by atoms with van der Waals surface area (Å²) in [5.74, 6) is 2.24. The van der Waals surface area contributed by atoms with Crippen LogP contribution in [-0.2, 0) is 5.88 Å². The molecule has 0 atom stereocenters. The van der Waals surface area contributed by atoms with Crippen LogP contribution < -0.4 is 4.74 Å². The Morgan fingerprint density at radius 2 is 1.75 bits per heavy atom. The fourth-order valence-corrected chi connectivity index (χ4v) is 2.59. The topological polar surface area (TPSA) is 9.23 Å². The normalized spacial score (nSPS) is 10.7. The number of hydrogen-bond acceptors (Lipinski definition) is 1. The fraction of sp³-hybridized carbons (Fsp3) is 0.111. The summed E-state index contributed by atoms with van der Waals surface area (Å²) in [4.78, 5) is 0. The van der Waals surface area contributed by atoms with Gasteiger partial charge in [-0.3, -0.25) is 0 Å². The van der Waals surface area contributed by atoms with Gasteiger partial charge in [-0.1, -0.05) is 42.5 Å². The molecule has 0 unspecified atom stereocenters. The number of alkyl halides is 1. The Hall–Kier alpha value is -1.99. The highest BCUT2D eigenvalue weighted by Gasteiger charge is 2.04. The molecule has 100 valence electrons. The largest absolute Gasteiger partial charge is 0.457 e. The molecule has 0 amide bonds. The van der Waals surface area contributed by atoms with E-state index in [9.17, 15) is 0 Å². The zero-order valence-electron chi connectivity index (χ0n) is 11.3. The molecule has 3 aromatic rings. The van der Waals surface area contributed by atoms with E-state index in [4.69, 9.17) is 16.3 Å². The summed E-state index contributed by atoms with van der Waals surface area (Å²) in [7, 11) is 0. The van der Waals surface area contributed by atoms with Gasteiger partial charge in [-0.15, -0.1) is 11.6 Å². The number of benzene rings is 3. The van der Waals surface area contributed by atoms with Gasteiger partial charge in [0.1, 0.15) is 11.5 Å². The molecule has 20 heavy (non-hydrogen) atoms. The highest BCUT2D eigenvalue weighted by atomic mass is 35.5. The Kier molecular flexibility index (Phi) is 3.62. The molecule has 0 aliphatic carbocycles.